The van der Waals surface area contributed by atoms with Crippen molar-refractivity contribution < 1.29 is 29.0 Å². The molecule has 2 amide bonds. The molecule has 3 atom stereocenters. The molecule has 34 heavy (non-hydrogen) atoms. The molecule has 0 spiro atoms. The second-order valence-electron chi connectivity index (χ2n) is 8.77. The summed E-state index contributed by atoms with van der Waals surface area (Å²) >= 11 is 0. The number of alkyl carbamates (subject to hydrolysis) is 1. The number of carboxylic acid groups (broad SMARTS) is 1. The zero-order chi connectivity index (χ0) is 24.2. The Morgan fingerprint density at radius 3 is 2.21 bits per heavy atom. The van der Waals surface area contributed by atoms with Crippen molar-refractivity contribution in [3.8, 4) is 11.1 Å². The molecular weight excluding hydrogens is 436 g/mol. The van der Waals surface area contributed by atoms with Gasteiger partial charge in [-0.1, -0.05) is 55.5 Å². The number of nitrogens with zero attached hydrogens (tertiary/aromatic N) is 1. The number of aliphatic carboxylic acids is 1. The summed E-state index contributed by atoms with van der Waals surface area (Å²) in [4.78, 5) is 38.4. The molecule has 180 valence electrons. The second kappa shape index (κ2) is 10.3. The molecule has 3 unspecified atom stereocenters. The lowest BCUT2D eigenvalue weighted by atomic mass is 9.98. The van der Waals surface area contributed by atoms with E-state index in [9.17, 15) is 19.5 Å². The van der Waals surface area contributed by atoms with Crippen LogP contribution in [0, 0.1) is 11.8 Å². The first kappa shape index (κ1) is 23.8. The summed E-state index contributed by atoms with van der Waals surface area (Å²) < 4.78 is 10.8. The van der Waals surface area contributed by atoms with Crippen molar-refractivity contribution in [2.75, 3.05) is 33.4 Å². The highest BCUT2D eigenvalue weighted by atomic mass is 16.5. The standard InChI is InChI=1S/C26H30N2O6/c1-3-16(24(29)28-13-21(25(30)31)23(14-28)33-2)12-27-26(32)34-15-22-19-10-6-4-8-17(19)18-9-5-7-11-20(18)22/h4-11,16,21-23H,3,12-15H2,1-2H3,(H,27,32)(H,30,31). The van der Waals surface area contributed by atoms with Gasteiger partial charge in [0.15, 0.2) is 0 Å². The first-order valence-electron chi connectivity index (χ1n) is 11.6. The highest BCUT2D eigenvalue weighted by Gasteiger charge is 2.41. The van der Waals surface area contributed by atoms with Gasteiger partial charge in [-0.15, -0.1) is 0 Å². The smallest absolute Gasteiger partial charge is 0.407 e. The summed E-state index contributed by atoms with van der Waals surface area (Å²) in [5.74, 6) is -2.42. The van der Waals surface area contributed by atoms with Crippen molar-refractivity contribution in [1.82, 2.24) is 10.2 Å². The number of methoxy groups -OCH3 is 1. The minimum atomic E-state index is -0.980. The molecule has 8 heteroatoms. The van der Waals surface area contributed by atoms with E-state index in [0.29, 0.717) is 6.42 Å². The number of fused-ring (bicyclic) bond motifs is 3. The van der Waals surface area contributed by atoms with Gasteiger partial charge in [0.25, 0.3) is 0 Å². The molecule has 1 saturated heterocycles. The maximum atomic E-state index is 12.9. The average molecular weight is 467 g/mol. The van der Waals surface area contributed by atoms with E-state index in [0.717, 1.165) is 22.3 Å². The highest BCUT2D eigenvalue weighted by molar-refractivity contribution is 5.82. The van der Waals surface area contributed by atoms with Gasteiger partial charge in [-0.05, 0) is 28.7 Å². The summed E-state index contributed by atoms with van der Waals surface area (Å²) in [5.41, 5.74) is 4.58. The van der Waals surface area contributed by atoms with Gasteiger partial charge in [0.05, 0.1) is 12.0 Å². The third-order valence-corrected chi connectivity index (χ3v) is 6.88. The topological polar surface area (TPSA) is 105 Å². The Morgan fingerprint density at radius 2 is 1.68 bits per heavy atom. The summed E-state index contributed by atoms with van der Waals surface area (Å²) in [6, 6.07) is 16.2. The van der Waals surface area contributed by atoms with Crippen LogP contribution in [-0.2, 0) is 19.1 Å². The zero-order valence-corrected chi connectivity index (χ0v) is 19.4. The van der Waals surface area contributed by atoms with Gasteiger partial charge >= 0.3 is 12.1 Å². The molecule has 4 rings (SSSR count). The van der Waals surface area contributed by atoms with Crippen molar-refractivity contribution >= 4 is 18.0 Å². The fraction of sp³-hybridized carbons (Fsp3) is 0.423. The van der Waals surface area contributed by atoms with Crippen LogP contribution in [-0.4, -0.2) is 67.4 Å². The molecule has 1 fully saturated rings. The summed E-state index contributed by atoms with van der Waals surface area (Å²) in [7, 11) is 1.45. The molecule has 2 aromatic carbocycles. The number of carbonyl (C=O) groups excluding carboxylic acids is 2. The predicted molar refractivity (Wildman–Crippen MR) is 125 cm³/mol. The third-order valence-electron chi connectivity index (χ3n) is 6.88. The van der Waals surface area contributed by atoms with Crippen molar-refractivity contribution in [1.29, 1.82) is 0 Å². The Bertz CT molecular complexity index is 1030. The van der Waals surface area contributed by atoms with E-state index in [1.165, 1.54) is 12.0 Å². The van der Waals surface area contributed by atoms with E-state index in [1.54, 1.807) is 0 Å². The van der Waals surface area contributed by atoms with E-state index < -0.39 is 30.0 Å². The lowest BCUT2D eigenvalue weighted by Gasteiger charge is -2.23. The van der Waals surface area contributed by atoms with E-state index in [1.807, 2.05) is 31.2 Å². The molecule has 0 bridgehead atoms. The number of amides is 2. The van der Waals surface area contributed by atoms with Crippen molar-refractivity contribution in [2.45, 2.75) is 25.4 Å². The molecule has 2 N–H and O–H groups in total. The van der Waals surface area contributed by atoms with Gasteiger partial charge in [-0.2, -0.15) is 0 Å². The van der Waals surface area contributed by atoms with E-state index in [4.69, 9.17) is 9.47 Å². The zero-order valence-electron chi connectivity index (χ0n) is 19.4. The van der Waals surface area contributed by atoms with Crippen molar-refractivity contribution in [2.24, 2.45) is 11.8 Å². The first-order chi connectivity index (χ1) is 16.4. The maximum absolute atomic E-state index is 12.9. The van der Waals surface area contributed by atoms with Crippen LogP contribution in [0.25, 0.3) is 11.1 Å². The van der Waals surface area contributed by atoms with Crippen LogP contribution >= 0.6 is 0 Å². The molecule has 1 aliphatic heterocycles. The fourth-order valence-electron chi connectivity index (χ4n) is 4.95. The minimum absolute atomic E-state index is 0.0368. The van der Waals surface area contributed by atoms with Crippen LogP contribution < -0.4 is 5.32 Å². The Morgan fingerprint density at radius 1 is 1.06 bits per heavy atom. The average Bonchev–Trinajstić information content (AvgIpc) is 3.43. The molecule has 2 aromatic rings. The minimum Gasteiger partial charge on any atom is -0.481 e. The number of carbonyl (C=O) groups is 3. The molecule has 0 saturated carbocycles. The number of hydrogen-bond acceptors (Lipinski definition) is 5. The SMILES string of the molecule is CCC(CNC(=O)OCC1c2ccccc2-c2ccccc21)C(=O)N1CC(OC)C(C(=O)O)C1. The number of rotatable bonds is 8. The molecular formula is C26H30N2O6. The maximum Gasteiger partial charge on any atom is 0.407 e. The van der Waals surface area contributed by atoms with Gasteiger partial charge in [0.1, 0.15) is 12.5 Å². The Labute approximate surface area is 198 Å². The number of hydrogen-bond donors (Lipinski definition) is 2. The summed E-state index contributed by atoms with van der Waals surface area (Å²) in [5, 5.41) is 12.1. The molecule has 0 radical (unpaired) electrons. The lowest BCUT2D eigenvalue weighted by Crippen LogP contribution is -2.41. The quantitative estimate of drug-likeness (QED) is 0.619. The number of nitrogens with one attached hydrogen (secondary N) is 1. The largest absolute Gasteiger partial charge is 0.481 e. The van der Waals surface area contributed by atoms with Crippen LogP contribution in [0.15, 0.2) is 48.5 Å². The van der Waals surface area contributed by atoms with E-state index in [2.05, 4.69) is 29.6 Å². The summed E-state index contributed by atoms with van der Waals surface area (Å²) in [6.07, 6.45) is -0.601. The Balaban J connectivity index is 1.32. The lowest BCUT2D eigenvalue weighted by molar-refractivity contribution is -0.144. The van der Waals surface area contributed by atoms with E-state index >= 15 is 0 Å². The number of likely N-dealkylation sites (tertiary alicyclic amines) is 1. The van der Waals surface area contributed by atoms with Crippen LogP contribution in [0.4, 0.5) is 4.79 Å². The van der Waals surface area contributed by atoms with Crippen LogP contribution in [0.3, 0.4) is 0 Å². The van der Waals surface area contributed by atoms with Gasteiger partial charge in [-0.25, -0.2) is 4.79 Å². The van der Waals surface area contributed by atoms with Crippen molar-refractivity contribution in [3.63, 3.8) is 0 Å². The molecule has 2 aliphatic rings. The molecule has 1 aliphatic carbocycles. The van der Waals surface area contributed by atoms with Crippen LogP contribution in [0.2, 0.25) is 0 Å². The first-order valence-corrected chi connectivity index (χ1v) is 11.6. The van der Waals surface area contributed by atoms with Gasteiger partial charge in [0.2, 0.25) is 5.91 Å². The third kappa shape index (κ3) is 4.63. The predicted octanol–water partition coefficient (Wildman–Crippen LogP) is 3.11. The van der Waals surface area contributed by atoms with Crippen LogP contribution in [0.5, 0.6) is 0 Å². The normalized spacial score (nSPS) is 19.9. The number of carboxylic acids is 1. The van der Waals surface area contributed by atoms with E-state index in [-0.39, 0.29) is 38.1 Å². The van der Waals surface area contributed by atoms with Gasteiger partial charge < -0.3 is 24.8 Å². The molecule has 8 nitrogen and oxygen atoms in total. The number of ether oxygens (including phenoxy) is 2. The number of benzene rings is 2. The molecule has 1 heterocycles. The Kier molecular flexibility index (Phi) is 7.17. The second-order valence-corrected chi connectivity index (χ2v) is 8.77. The molecule has 0 aromatic heterocycles. The van der Waals surface area contributed by atoms with Gasteiger partial charge in [0, 0.05) is 32.7 Å². The Hall–Kier alpha value is -3.39. The monoisotopic (exact) mass is 466 g/mol. The highest BCUT2D eigenvalue weighted by Crippen LogP contribution is 2.44. The van der Waals surface area contributed by atoms with Crippen molar-refractivity contribution in [3.05, 3.63) is 59.7 Å². The summed E-state index contributed by atoms with van der Waals surface area (Å²) in [6.45, 7) is 2.52. The fourth-order valence-corrected chi connectivity index (χ4v) is 4.95. The van der Waals surface area contributed by atoms with Crippen LogP contribution in [0.1, 0.15) is 30.4 Å². The van der Waals surface area contributed by atoms with Gasteiger partial charge in [-0.3, -0.25) is 9.59 Å².